The quantitative estimate of drug-likeness (QED) is 0.664. The molecule has 1 aliphatic rings. The van der Waals surface area contributed by atoms with Gasteiger partial charge in [0.1, 0.15) is 0 Å². The van der Waals surface area contributed by atoms with Gasteiger partial charge in [0.2, 0.25) is 0 Å². The van der Waals surface area contributed by atoms with Crippen LogP contribution in [0.4, 0.5) is 0 Å². The van der Waals surface area contributed by atoms with Crippen molar-refractivity contribution in [3.8, 4) is 0 Å². The largest absolute Gasteiger partial charge is 0.394 e. The van der Waals surface area contributed by atoms with Crippen LogP contribution in [0.15, 0.2) is 12.7 Å². The van der Waals surface area contributed by atoms with E-state index in [0.29, 0.717) is 6.10 Å². The number of aliphatic hydroxyl groups is 1. The monoisotopic (exact) mass is 184 g/mol. The van der Waals surface area contributed by atoms with E-state index in [-0.39, 0.29) is 12.7 Å². The first-order valence-corrected chi connectivity index (χ1v) is 5.24. The van der Waals surface area contributed by atoms with E-state index in [2.05, 4.69) is 6.58 Å². The van der Waals surface area contributed by atoms with Crippen molar-refractivity contribution in [2.45, 2.75) is 50.7 Å². The first-order valence-electron chi connectivity index (χ1n) is 5.24. The number of hydrogen-bond donors (Lipinski definition) is 1. The minimum absolute atomic E-state index is 0.0272. The van der Waals surface area contributed by atoms with Crippen LogP contribution in [-0.2, 0) is 4.74 Å². The third kappa shape index (κ3) is 3.92. The van der Waals surface area contributed by atoms with E-state index in [1.807, 2.05) is 6.08 Å². The Morgan fingerprint density at radius 2 is 2.08 bits per heavy atom. The molecule has 0 radical (unpaired) electrons. The molecule has 2 heteroatoms. The van der Waals surface area contributed by atoms with Gasteiger partial charge in [0, 0.05) is 0 Å². The van der Waals surface area contributed by atoms with Crippen LogP contribution in [0.2, 0.25) is 0 Å². The van der Waals surface area contributed by atoms with Crippen LogP contribution in [0.5, 0.6) is 0 Å². The Labute approximate surface area is 80.6 Å². The van der Waals surface area contributed by atoms with Gasteiger partial charge in [-0.25, -0.2) is 0 Å². The average Bonchev–Trinajstić information content (AvgIpc) is 2.19. The minimum atomic E-state index is -0.0272. The molecule has 1 fully saturated rings. The highest BCUT2D eigenvalue weighted by atomic mass is 16.5. The molecule has 13 heavy (non-hydrogen) atoms. The summed E-state index contributed by atoms with van der Waals surface area (Å²) in [5, 5.41) is 9.02. The molecule has 1 N–H and O–H groups in total. The molecule has 0 aromatic heterocycles. The standard InChI is InChI=1S/C11H20O2/c1-2-6-11(9-12)13-10-7-4-3-5-8-10/h2,10-12H,1,3-9H2. The molecular weight excluding hydrogens is 164 g/mol. The van der Waals surface area contributed by atoms with E-state index >= 15 is 0 Å². The molecule has 0 spiro atoms. The van der Waals surface area contributed by atoms with Crippen LogP contribution in [-0.4, -0.2) is 23.9 Å². The fourth-order valence-electron chi connectivity index (χ4n) is 1.83. The van der Waals surface area contributed by atoms with E-state index in [1.54, 1.807) is 0 Å². The van der Waals surface area contributed by atoms with Crippen molar-refractivity contribution in [2.75, 3.05) is 6.61 Å². The summed E-state index contributed by atoms with van der Waals surface area (Å²) in [6.07, 6.45) is 9.13. The van der Waals surface area contributed by atoms with Crippen LogP contribution < -0.4 is 0 Å². The third-order valence-corrected chi connectivity index (χ3v) is 2.57. The summed E-state index contributed by atoms with van der Waals surface area (Å²) in [5.74, 6) is 0. The van der Waals surface area contributed by atoms with Gasteiger partial charge in [0.25, 0.3) is 0 Å². The van der Waals surface area contributed by atoms with Gasteiger partial charge in [0.15, 0.2) is 0 Å². The highest BCUT2D eigenvalue weighted by Gasteiger charge is 2.17. The Bertz CT molecular complexity index is 139. The molecule has 0 heterocycles. The molecular formula is C11H20O2. The maximum absolute atomic E-state index is 9.02. The van der Waals surface area contributed by atoms with Crippen LogP contribution in [0.3, 0.4) is 0 Å². The van der Waals surface area contributed by atoms with Crippen LogP contribution in [0.25, 0.3) is 0 Å². The van der Waals surface area contributed by atoms with Gasteiger partial charge in [-0.1, -0.05) is 25.3 Å². The molecule has 0 aromatic carbocycles. The van der Waals surface area contributed by atoms with E-state index in [9.17, 15) is 0 Å². The van der Waals surface area contributed by atoms with Crippen molar-refractivity contribution in [3.05, 3.63) is 12.7 Å². The highest BCUT2D eigenvalue weighted by Crippen LogP contribution is 2.22. The van der Waals surface area contributed by atoms with E-state index in [4.69, 9.17) is 9.84 Å². The Balaban J connectivity index is 2.22. The fraction of sp³-hybridized carbons (Fsp3) is 0.818. The lowest BCUT2D eigenvalue weighted by atomic mass is 9.97. The lowest BCUT2D eigenvalue weighted by Gasteiger charge is -2.26. The molecule has 0 saturated heterocycles. The molecule has 1 unspecified atom stereocenters. The highest BCUT2D eigenvalue weighted by molar-refractivity contribution is 4.75. The second kappa shape index (κ2) is 6.17. The van der Waals surface area contributed by atoms with Gasteiger partial charge in [-0.15, -0.1) is 6.58 Å². The molecule has 1 rings (SSSR count). The molecule has 1 aliphatic carbocycles. The lowest BCUT2D eigenvalue weighted by molar-refractivity contribution is -0.0511. The van der Waals surface area contributed by atoms with Gasteiger partial charge < -0.3 is 9.84 Å². The molecule has 1 atom stereocenters. The number of ether oxygens (including phenoxy) is 1. The zero-order valence-electron chi connectivity index (χ0n) is 8.24. The average molecular weight is 184 g/mol. The molecule has 0 aromatic rings. The summed E-state index contributed by atoms with van der Waals surface area (Å²) in [4.78, 5) is 0. The van der Waals surface area contributed by atoms with Crippen LogP contribution >= 0.6 is 0 Å². The van der Waals surface area contributed by atoms with Crippen molar-refractivity contribution in [2.24, 2.45) is 0 Å². The van der Waals surface area contributed by atoms with Gasteiger partial charge in [0.05, 0.1) is 18.8 Å². The van der Waals surface area contributed by atoms with E-state index < -0.39 is 0 Å². The lowest BCUT2D eigenvalue weighted by Crippen LogP contribution is -2.26. The Kier molecular flexibility index (Phi) is 5.09. The fourth-order valence-corrected chi connectivity index (χ4v) is 1.83. The van der Waals surface area contributed by atoms with Crippen molar-refractivity contribution < 1.29 is 9.84 Å². The topological polar surface area (TPSA) is 29.5 Å². The molecule has 1 saturated carbocycles. The van der Waals surface area contributed by atoms with E-state index in [1.165, 1.54) is 19.3 Å². The number of aliphatic hydroxyl groups excluding tert-OH is 1. The summed E-state index contributed by atoms with van der Waals surface area (Å²) in [5.41, 5.74) is 0. The van der Waals surface area contributed by atoms with Gasteiger partial charge in [-0.2, -0.15) is 0 Å². The first-order chi connectivity index (χ1) is 6.36. The predicted molar refractivity (Wildman–Crippen MR) is 53.6 cm³/mol. The number of rotatable bonds is 5. The minimum Gasteiger partial charge on any atom is -0.394 e. The Hall–Kier alpha value is -0.340. The van der Waals surface area contributed by atoms with Crippen molar-refractivity contribution in [1.29, 1.82) is 0 Å². The van der Waals surface area contributed by atoms with Gasteiger partial charge in [-0.3, -0.25) is 0 Å². The zero-order chi connectivity index (χ0) is 9.52. The van der Waals surface area contributed by atoms with Crippen molar-refractivity contribution in [1.82, 2.24) is 0 Å². The second-order valence-electron chi connectivity index (χ2n) is 3.73. The van der Waals surface area contributed by atoms with Gasteiger partial charge >= 0.3 is 0 Å². The maximum Gasteiger partial charge on any atom is 0.0843 e. The molecule has 0 bridgehead atoms. The predicted octanol–water partition coefficient (Wildman–Crippen LogP) is 2.27. The third-order valence-electron chi connectivity index (χ3n) is 2.57. The summed E-state index contributed by atoms with van der Waals surface area (Å²) in [6, 6.07) is 0. The smallest absolute Gasteiger partial charge is 0.0843 e. The summed E-state index contributed by atoms with van der Waals surface area (Å²) in [6.45, 7) is 3.76. The zero-order valence-corrected chi connectivity index (χ0v) is 8.24. The Morgan fingerprint density at radius 3 is 2.62 bits per heavy atom. The molecule has 2 nitrogen and oxygen atoms in total. The number of hydrogen-bond acceptors (Lipinski definition) is 2. The van der Waals surface area contributed by atoms with Crippen molar-refractivity contribution in [3.63, 3.8) is 0 Å². The van der Waals surface area contributed by atoms with Crippen LogP contribution in [0.1, 0.15) is 38.5 Å². The van der Waals surface area contributed by atoms with Crippen LogP contribution in [0, 0.1) is 0 Å². The summed E-state index contributed by atoms with van der Waals surface area (Å²) >= 11 is 0. The summed E-state index contributed by atoms with van der Waals surface area (Å²) in [7, 11) is 0. The Morgan fingerprint density at radius 1 is 1.38 bits per heavy atom. The molecule has 0 amide bonds. The maximum atomic E-state index is 9.02. The van der Waals surface area contributed by atoms with Crippen molar-refractivity contribution >= 4 is 0 Å². The molecule has 76 valence electrons. The SMILES string of the molecule is C=CCC(CO)OC1CCCCC1. The normalized spacial score (nSPS) is 21.3. The van der Waals surface area contributed by atoms with Gasteiger partial charge in [-0.05, 0) is 19.3 Å². The first kappa shape index (κ1) is 10.7. The summed E-state index contributed by atoms with van der Waals surface area (Å²) < 4.78 is 5.76. The van der Waals surface area contributed by atoms with E-state index in [0.717, 1.165) is 19.3 Å². The molecule has 0 aliphatic heterocycles. The second-order valence-corrected chi connectivity index (χ2v) is 3.73.